The molecule has 0 atom stereocenters. The molecule has 8 heteroatoms. The molecule has 14 rings (SSSR count). The van der Waals surface area contributed by atoms with Crippen LogP contribution in [0.3, 0.4) is 0 Å². The van der Waals surface area contributed by atoms with Crippen molar-refractivity contribution in [3.63, 3.8) is 0 Å². The maximum absolute atomic E-state index is 5.19. The molecule has 0 aliphatic carbocycles. The smallest absolute Gasteiger partial charge is 0.182 e. The lowest BCUT2D eigenvalue weighted by Gasteiger charge is -2.21. The zero-order chi connectivity index (χ0) is 50.5. The number of benzene rings is 8. The van der Waals surface area contributed by atoms with E-state index in [9.17, 15) is 0 Å². The molecule has 76 heavy (non-hydrogen) atoms. The largest absolute Gasteiger partial charge is 0.335 e. The van der Waals surface area contributed by atoms with Crippen molar-refractivity contribution in [3.8, 4) is 68.1 Å². The highest BCUT2D eigenvalue weighted by Gasteiger charge is 2.27. The molecule has 360 valence electrons. The Morgan fingerprint density at radius 1 is 0.395 bits per heavy atom. The summed E-state index contributed by atoms with van der Waals surface area (Å²) in [4.78, 5) is 24.7. The molecule has 8 aromatic carbocycles. The van der Waals surface area contributed by atoms with Crippen LogP contribution in [-0.4, -0.2) is 38.6 Å². The van der Waals surface area contributed by atoms with E-state index in [0.29, 0.717) is 35.4 Å². The molecule has 0 radical (unpaired) electrons. The molecule has 0 amide bonds. The molecule has 8 nitrogen and oxygen atoms in total. The van der Waals surface area contributed by atoms with Gasteiger partial charge in [-0.25, -0.2) is 15.0 Å². The third-order valence-corrected chi connectivity index (χ3v) is 14.6. The van der Waals surface area contributed by atoms with Crippen LogP contribution in [0.15, 0.2) is 249 Å². The minimum absolute atomic E-state index is 0.470. The van der Waals surface area contributed by atoms with E-state index in [1.807, 2.05) is 36.4 Å². The molecule has 0 saturated heterocycles. The van der Waals surface area contributed by atoms with E-state index in [1.54, 1.807) is 12.4 Å². The highest BCUT2D eigenvalue weighted by molar-refractivity contribution is 6.31. The summed E-state index contributed by atoms with van der Waals surface area (Å²) < 4.78 is 7.51. The molecule has 0 bridgehead atoms. The van der Waals surface area contributed by atoms with E-state index in [-0.39, 0.29) is 0 Å². The lowest BCUT2D eigenvalue weighted by Crippen LogP contribution is -2.04. The second kappa shape index (κ2) is 18.8. The van der Waals surface area contributed by atoms with Crippen molar-refractivity contribution in [2.45, 2.75) is 19.9 Å². The zero-order valence-corrected chi connectivity index (χ0v) is 41.7. The first-order valence-electron chi connectivity index (χ1n) is 25.9. The highest BCUT2D eigenvalue weighted by Crippen LogP contribution is 2.48. The van der Waals surface area contributed by atoms with E-state index in [0.717, 1.165) is 56.6 Å². The Labute approximate surface area is 438 Å². The summed E-state index contributed by atoms with van der Waals surface area (Å²) in [6.45, 7) is 2.84. The van der Waals surface area contributed by atoms with E-state index in [2.05, 4.69) is 231 Å². The summed E-state index contributed by atoms with van der Waals surface area (Å²) in [6, 6.07) is 75.4. The van der Waals surface area contributed by atoms with Gasteiger partial charge in [0.05, 0.1) is 38.8 Å². The van der Waals surface area contributed by atoms with Gasteiger partial charge in [0.2, 0.25) is 0 Å². The number of hydrogen-bond acceptors (Lipinski definition) is 5. The van der Waals surface area contributed by atoms with Gasteiger partial charge in [-0.3, -0.25) is 9.97 Å². The second-order valence-corrected chi connectivity index (χ2v) is 19.0. The topological polar surface area (TPSA) is 79.2 Å². The Hall–Kier alpha value is -10.1. The Morgan fingerprint density at radius 3 is 1.41 bits per heavy atom. The number of nitrogens with zero attached hydrogens (tertiary/aromatic N) is 8. The number of rotatable bonds is 11. The zero-order valence-electron chi connectivity index (χ0n) is 41.7. The number of aromatic nitrogens is 8. The van der Waals surface area contributed by atoms with Crippen LogP contribution in [-0.2, 0) is 6.54 Å². The molecule has 6 heterocycles. The monoisotopic (exact) mass is 976 g/mol. The molecular formula is C68H48N8. The van der Waals surface area contributed by atoms with Crippen molar-refractivity contribution in [2.24, 2.45) is 0 Å². The van der Waals surface area contributed by atoms with Gasteiger partial charge < -0.3 is 13.7 Å². The first-order chi connectivity index (χ1) is 37.7. The van der Waals surface area contributed by atoms with Gasteiger partial charge in [0.1, 0.15) is 11.4 Å². The Bertz CT molecular complexity index is 4440. The molecule has 0 saturated carbocycles. The van der Waals surface area contributed by atoms with Crippen LogP contribution in [0, 0.1) is 0 Å². The van der Waals surface area contributed by atoms with Crippen molar-refractivity contribution in [1.82, 2.24) is 38.6 Å². The number of allylic oxidation sites excluding steroid dienone is 4. The van der Waals surface area contributed by atoms with Crippen LogP contribution >= 0.6 is 0 Å². The standard InChI is InChI=1S/C68H48N8/c1-2-3-4-5-23-42-74-64-49(36-38-59-61(64)51-30-15-17-34-57(51)75(59)48-28-13-8-14-29-48)50-37-39-60-62(65(50)74)52-31-16-18-35-58(52)76(60)63-53(45-24-9-6-10-25-45)43-47(44-54(63)46-26-11-7-12-27-46)66-71-67(55-32-19-21-40-69-55)73-68(72-66)56-33-20-22-41-70-56/h3-41,43-44H,2,42H2,1H3/b4-3-,23-5-. The maximum Gasteiger partial charge on any atom is 0.182 e. The SMILES string of the molecule is CC/C=C\C=C/Cn1c2c(ccc3c2c2ccccc2n3-c2ccccc2)c2ccc3c(c4ccccc4n3-c3c(-c4ccccc4)cc(-c4nc(-c5ccccn5)nc(-c5ccccn5)n4)cc3-c3ccccc3)c21. The molecule has 6 aromatic heterocycles. The number of pyridine rings is 2. The molecule has 0 unspecified atom stereocenters. The van der Waals surface area contributed by atoms with Gasteiger partial charge in [-0.05, 0) is 90.3 Å². The van der Waals surface area contributed by atoms with E-state index in [4.69, 9.17) is 15.0 Å². The fraction of sp³-hybridized carbons (Fsp3) is 0.0441. The van der Waals surface area contributed by atoms with E-state index >= 15 is 0 Å². The quantitative estimate of drug-likeness (QED) is 0.121. The number of para-hydroxylation sites is 3. The first-order valence-corrected chi connectivity index (χ1v) is 25.9. The number of hydrogen-bond donors (Lipinski definition) is 0. The minimum Gasteiger partial charge on any atom is -0.335 e. The maximum atomic E-state index is 5.19. The molecule has 0 spiro atoms. The average molecular weight is 977 g/mol. The summed E-state index contributed by atoms with van der Waals surface area (Å²) in [5.41, 5.74) is 15.5. The van der Waals surface area contributed by atoms with Gasteiger partial charge in [0.25, 0.3) is 0 Å². The molecule has 0 aliphatic heterocycles. The average Bonchev–Trinajstić information content (AvgIpc) is 4.35. The molecular weight excluding hydrogens is 929 g/mol. The predicted molar refractivity (Wildman–Crippen MR) is 313 cm³/mol. The Morgan fingerprint density at radius 2 is 0.868 bits per heavy atom. The third kappa shape index (κ3) is 7.41. The summed E-state index contributed by atoms with van der Waals surface area (Å²) in [6.07, 6.45) is 13.4. The van der Waals surface area contributed by atoms with Gasteiger partial charge in [-0.1, -0.05) is 171 Å². The third-order valence-electron chi connectivity index (χ3n) is 14.6. The van der Waals surface area contributed by atoms with E-state index < -0.39 is 0 Å². The number of fused-ring (bicyclic) bond motifs is 11. The van der Waals surface area contributed by atoms with Crippen LogP contribution in [0.1, 0.15) is 13.3 Å². The summed E-state index contributed by atoms with van der Waals surface area (Å²) >= 11 is 0. The van der Waals surface area contributed by atoms with Crippen LogP contribution in [0.2, 0.25) is 0 Å². The first kappa shape index (κ1) is 44.6. The highest BCUT2D eigenvalue weighted by atomic mass is 15.1. The van der Waals surface area contributed by atoms with Gasteiger partial charge in [0.15, 0.2) is 17.5 Å². The van der Waals surface area contributed by atoms with Crippen molar-refractivity contribution < 1.29 is 0 Å². The van der Waals surface area contributed by atoms with Crippen molar-refractivity contribution in [1.29, 1.82) is 0 Å². The fourth-order valence-corrected chi connectivity index (χ4v) is 11.3. The lowest BCUT2D eigenvalue weighted by atomic mass is 9.92. The Kier molecular flexibility index (Phi) is 11.0. The lowest BCUT2D eigenvalue weighted by molar-refractivity contribution is 0.905. The fourth-order valence-electron chi connectivity index (χ4n) is 11.3. The second-order valence-electron chi connectivity index (χ2n) is 19.0. The predicted octanol–water partition coefficient (Wildman–Crippen LogP) is 16.8. The Balaban J connectivity index is 1.10. The normalized spacial score (nSPS) is 12.0. The summed E-state index contributed by atoms with van der Waals surface area (Å²) in [7, 11) is 0. The van der Waals surface area contributed by atoms with Crippen LogP contribution in [0.25, 0.3) is 133 Å². The van der Waals surface area contributed by atoms with E-state index in [1.165, 1.54) is 54.4 Å². The molecule has 0 N–H and O–H groups in total. The van der Waals surface area contributed by atoms with Gasteiger partial charge >= 0.3 is 0 Å². The van der Waals surface area contributed by atoms with Gasteiger partial charge in [-0.15, -0.1) is 0 Å². The van der Waals surface area contributed by atoms with Gasteiger partial charge in [-0.2, -0.15) is 0 Å². The molecule has 14 aromatic rings. The summed E-state index contributed by atoms with van der Waals surface area (Å²) in [5, 5.41) is 7.27. The molecule has 0 aliphatic rings. The van der Waals surface area contributed by atoms with Crippen LogP contribution < -0.4 is 0 Å². The van der Waals surface area contributed by atoms with Crippen LogP contribution in [0.4, 0.5) is 0 Å². The van der Waals surface area contributed by atoms with Crippen molar-refractivity contribution in [3.05, 3.63) is 249 Å². The van der Waals surface area contributed by atoms with Gasteiger partial charge in [0, 0.05) is 73.6 Å². The van der Waals surface area contributed by atoms with Crippen LogP contribution in [0.5, 0.6) is 0 Å². The molecule has 0 fully saturated rings. The minimum atomic E-state index is 0.470. The van der Waals surface area contributed by atoms with Crippen molar-refractivity contribution >= 4 is 65.4 Å². The van der Waals surface area contributed by atoms with Crippen molar-refractivity contribution in [2.75, 3.05) is 0 Å². The summed E-state index contributed by atoms with van der Waals surface area (Å²) in [5.74, 6) is 1.46.